The Morgan fingerprint density at radius 3 is 2.33 bits per heavy atom. The van der Waals surface area contributed by atoms with Gasteiger partial charge in [-0.3, -0.25) is 20.4 Å². The molecule has 1 aliphatic carbocycles. The average molecular weight is 339 g/mol. The third-order valence-electron chi connectivity index (χ3n) is 4.75. The molecule has 1 heterocycles. The van der Waals surface area contributed by atoms with Crippen molar-refractivity contribution in [1.82, 2.24) is 15.8 Å². The fourth-order valence-corrected chi connectivity index (χ4v) is 2.99. The minimum atomic E-state index is -0.557. The van der Waals surface area contributed by atoms with Gasteiger partial charge in [-0.25, -0.2) is 4.79 Å². The third-order valence-corrected chi connectivity index (χ3v) is 4.75. The Hall–Kier alpha value is -1.79. The highest BCUT2D eigenvalue weighted by atomic mass is 16.6. The Morgan fingerprint density at radius 2 is 1.79 bits per heavy atom. The van der Waals surface area contributed by atoms with E-state index in [1.807, 2.05) is 27.7 Å². The third kappa shape index (κ3) is 4.61. The fraction of sp³-hybridized carbons (Fsp3) is 0.824. The van der Waals surface area contributed by atoms with Crippen LogP contribution in [0.2, 0.25) is 0 Å². The van der Waals surface area contributed by atoms with Crippen molar-refractivity contribution in [3.8, 4) is 0 Å². The summed E-state index contributed by atoms with van der Waals surface area (Å²) in [6.45, 7) is 8.25. The lowest BCUT2D eigenvalue weighted by molar-refractivity contribution is -0.140. The van der Waals surface area contributed by atoms with Crippen LogP contribution in [-0.2, 0) is 14.3 Å². The van der Waals surface area contributed by atoms with Gasteiger partial charge >= 0.3 is 6.09 Å². The Morgan fingerprint density at radius 1 is 1.12 bits per heavy atom. The van der Waals surface area contributed by atoms with Crippen molar-refractivity contribution in [2.24, 2.45) is 11.3 Å². The van der Waals surface area contributed by atoms with Crippen molar-refractivity contribution in [3.63, 3.8) is 0 Å². The van der Waals surface area contributed by atoms with Crippen molar-refractivity contribution in [3.05, 3.63) is 0 Å². The molecule has 7 nitrogen and oxygen atoms in total. The number of nitrogens with zero attached hydrogens (tertiary/aromatic N) is 1. The first kappa shape index (κ1) is 18.5. The molecule has 1 saturated carbocycles. The van der Waals surface area contributed by atoms with E-state index in [-0.39, 0.29) is 23.1 Å². The van der Waals surface area contributed by atoms with Gasteiger partial charge in [0.2, 0.25) is 11.8 Å². The van der Waals surface area contributed by atoms with Crippen LogP contribution in [0.15, 0.2) is 0 Å². The van der Waals surface area contributed by atoms with Crippen LogP contribution in [0.3, 0.4) is 0 Å². The largest absolute Gasteiger partial charge is 0.444 e. The maximum Gasteiger partial charge on any atom is 0.410 e. The second kappa shape index (κ2) is 6.99. The summed E-state index contributed by atoms with van der Waals surface area (Å²) >= 11 is 0. The zero-order valence-corrected chi connectivity index (χ0v) is 15.1. The Labute approximate surface area is 143 Å². The lowest BCUT2D eigenvalue weighted by Crippen LogP contribution is -2.54. The number of piperidine rings is 1. The van der Waals surface area contributed by atoms with E-state index in [9.17, 15) is 14.4 Å². The number of rotatable bonds is 2. The molecule has 24 heavy (non-hydrogen) atoms. The molecule has 0 aromatic rings. The minimum Gasteiger partial charge on any atom is -0.444 e. The normalized spacial score (nSPS) is 23.0. The molecule has 0 unspecified atom stereocenters. The molecule has 1 aliphatic heterocycles. The van der Waals surface area contributed by atoms with Gasteiger partial charge < -0.3 is 9.64 Å². The van der Waals surface area contributed by atoms with E-state index in [1.165, 1.54) is 0 Å². The highest BCUT2D eigenvalue weighted by Crippen LogP contribution is 2.40. The average Bonchev–Trinajstić information content (AvgIpc) is 2.48. The number of hydrogen-bond donors (Lipinski definition) is 2. The summed E-state index contributed by atoms with van der Waals surface area (Å²) in [4.78, 5) is 38.0. The van der Waals surface area contributed by atoms with E-state index < -0.39 is 11.7 Å². The number of carbonyl (C=O) groups is 3. The zero-order valence-electron chi connectivity index (χ0n) is 15.1. The van der Waals surface area contributed by atoms with Crippen LogP contribution < -0.4 is 10.9 Å². The first-order valence-corrected chi connectivity index (χ1v) is 8.69. The van der Waals surface area contributed by atoms with Crippen LogP contribution in [-0.4, -0.2) is 41.5 Å². The first-order valence-electron chi connectivity index (χ1n) is 8.69. The first-order chi connectivity index (χ1) is 11.1. The minimum absolute atomic E-state index is 0.137. The Balaban J connectivity index is 1.81. The van der Waals surface area contributed by atoms with Crippen molar-refractivity contribution in [2.45, 2.75) is 65.4 Å². The summed E-state index contributed by atoms with van der Waals surface area (Å²) in [5.41, 5.74) is 4.13. The summed E-state index contributed by atoms with van der Waals surface area (Å²) in [7, 11) is 0. The van der Waals surface area contributed by atoms with E-state index in [2.05, 4.69) is 10.9 Å². The molecule has 1 saturated heterocycles. The lowest BCUT2D eigenvalue weighted by atomic mass is 9.70. The van der Waals surface area contributed by atoms with Gasteiger partial charge in [0.05, 0.1) is 5.92 Å². The predicted molar refractivity (Wildman–Crippen MR) is 88.8 cm³/mol. The number of likely N-dealkylation sites (tertiary alicyclic amines) is 1. The van der Waals surface area contributed by atoms with Gasteiger partial charge in [-0.05, 0) is 46.5 Å². The number of amides is 3. The molecule has 136 valence electrons. The lowest BCUT2D eigenvalue weighted by Gasteiger charge is -2.37. The maximum absolute atomic E-state index is 12.3. The zero-order chi connectivity index (χ0) is 18.0. The van der Waals surface area contributed by atoms with Gasteiger partial charge in [0.1, 0.15) is 5.60 Å². The molecule has 0 aromatic heterocycles. The second-order valence-electron chi connectivity index (χ2n) is 8.12. The van der Waals surface area contributed by atoms with Crippen LogP contribution in [0.25, 0.3) is 0 Å². The van der Waals surface area contributed by atoms with Gasteiger partial charge in [0.15, 0.2) is 0 Å². The standard InChI is InChI=1S/C17H29N3O4/c1-16(2,3)24-15(23)20-10-5-7-12(11-20)13(21)18-19-14(22)17(4)8-6-9-17/h12H,5-11H2,1-4H3,(H,18,21)(H,19,22)/t12-/m0/s1. The van der Waals surface area contributed by atoms with Gasteiger partial charge in [0, 0.05) is 18.5 Å². The quantitative estimate of drug-likeness (QED) is 0.753. The maximum atomic E-state index is 12.3. The van der Waals surface area contributed by atoms with Crippen LogP contribution in [0, 0.1) is 11.3 Å². The molecule has 1 atom stereocenters. The van der Waals surface area contributed by atoms with Crippen LogP contribution in [0.1, 0.15) is 59.8 Å². The number of carbonyl (C=O) groups excluding carboxylic acids is 3. The van der Waals surface area contributed by atoms with E-state index in [0.717, 1.165) is 25.7 Å². The number of ether oxygens (including phenoxy) is 1. The molecule has 2 fully saturated rings. The molecule has 0 aromatic carbocycles. The summed E-state index contributed by atoms with van der Waals surface area (Å²) < 4.78 is 5.36. The van der Waals surface area contributed by atoms with Crippen LogP contribution in [0.4, 0.5) is 4.79 Å². The molecular weight excluding hydrogens is 310 g/mol. The number of hydrogen-bond acceptors (Lipinski definition) is 4. The van der Waals surface area contributed by atoms with Gasteiger partial charge in [-0.2, -0.15) is 0 Å². The monoisotopic (exact) mass is 339 g/mol. The van der Waals surface area contributed by atoms with Crippen LogP contribution in [0.5, 0.6) is 0 Å². The van der Waals surface area contributed by atoms with Gasteiger partial charge in [-0.1, -0.05) is 13.3 Å². The molecule has 0 radical (unpaired) electrons. The summed E-state index contributed by atoms with van der Waals surface area (Å²) in [6.07, 6.45) is 3.79. The van der Waals surface area contributed by atoms with Crippen LogP contribution >= 0.6 is 0 Å². The summed E-state index contributed by atoms with van der Waals surface area (Å²) in [5, 5.41) is 0. The topological polar surface area (TPSA) is 87.7 Å². The molecule has 2 rings (SSSR count). The van der Waals surface area contributed by atoms with E-state index in [4.69, 9.17) is 4.74 Å². The smallest absolute Gasteiger partial charge is 0.410 e. The SMILES string of the molecule is CC(C)(C)OC(=O)N1CCC[C@H](C(=O)NNC(=O)C2(C)CCC2)C1. The molecular formula is C17H29N3O4. The second-order valence-corrected chi connectivity index (χ2v) is 8.12. The molecule has 7 heteroatoms. The number of hydrazine groups is 1. The van der Waals surface area contributed by atoms with Crippen molar-refractivity contribution >= 4 is 17.9 Å². The van der Waals surface area contributed by atoms with E-state index in [0.29, 0.717) is 19.5 Å². The Bertz CT molecular complexity index is 508. The highest BCUT2D eigenvalue weighted by molar-refractivity contribution is 5.87. The molecule has 0 spiro atoms. The highest BCUT2D eigenvalue weighted by Gasteiger charge is 2.39. The van der Waals surface area contributed by atoms with Crippen molar-refractivity contribution in [2.75, 3.05) is 13.1 Å². The molecule has 2 aliphatic rings. The van der Waals surface area contributed by atoms with E-state index in [1.54, 1.807) is 4.90 Å². The molecule has 0 bridgehead atoms. The fourth-order valence-electron chi connectivity index (χ4n) is 2.99. The molecule has 3 amide bonds. The summed E-state index contributed by atoms with van der Waals surface area (Å²) in [6, 6.07) is 0. The summed E-state index contributed by atoms with van der Waals surface area (Å²) in [5.74, 6) is -0.720. The number of nitrogens with one attached hydrogen (secondary N) is 2. The van der Waals surface area contributed by atoms with Crippen molar-refractivity contribution in [1.29, 1.82) is 0 Å². The van der Waals surface area contributed by atoms with E-state index >= 15 is 0 Å². The predicted octanol–water partition coefficient (Wildman–Crippen LogP) is 1.97. The van der Waals surface area contributed by atoms with Gasteiger partial charge in [-0.15, -0.1) is 0 Å². The van der Waals surface area contributed by atoms with Gasteiger partial charge in [0.25, 0.3) is 0 Å². The molecule has 2 N–H and O–H groups in total. The van der Waals surface area contributed by atoms with Crippen molar-refractivity contribution < 1.29 is 19.1 Å². The Kier molecular flexibility index (Phi) is 5.40.